The van der Waals surface area contributed by atoms with E-state index < -0.39 is 0 Å². The van der Waals surface area contributed by atoms with Gasteiger partial charge in [-0.2, -0.15) is 0 Å². The summed E-state index contributed by atoms with van der Waals surface area (Å²) in [4.78, 5) is 4.43. The fourth-order valence-electron chi connectivity index (χ4n) is 3.37. The van der Waals surface area contributed by atoms with E-state index in [0.717, 1.165) is 11.4 Å². The molecule has 0 saturated heterocycles. The Hall–Kier alpha value is -1.41. The first-order valence-corrected chi connectivity index (χ1v) is 7.38. The Morgan fingerprint density at radius 3 is 3.00 bits per heavy atom. The maximum atomic E-state index is 6.48. The average Bonchev–Trinajstić information content (AvgIpc) is 2.95. The first kappa shape index (κ1) is 12.6. The molecule has 2 N–H and O–H groups in total. The zero-order valence-corrected chi connectivity index (χ0v) is 11.5. The lowest BCUT2D eigenvalue weighted by Gasteiger charge is -2.20. The van der Waals surface area contributed by atoms with Gasteiger partial charge in [0.25, 0.3) is 0 Å². The van der Waals surface area contributed by atoms with Crippen LogP contribution in [0, 0.1) is 11.8 Å². The standard InChI is InChI=1S/C17H22N2/c1-2-12-5-6-14(10-12)17(18)15-8-7-13-4-3-9-19-16(13)11-15/h3-4,7-9,11-12,14,17H,2,5-6,10,18H2,1H3. The van der Waals surface area contributed by atoms with Crippen molar-refractivity contribution in [1.82, 2.24) is 4.98 Å². The van der Waals surface area contributed by atoms with Crippen LogP contribution in [0.5, 0.6) is 0 Å². The Kier molecular flexibility index (Phi) is 3.52. The molecule has 1 heterocycles. The number of nitrogens with two attached hydrogens (primary N) is 1. The number of hydrogen-bond donors (Lipinski definition) is 1. The van der Waals surface area contributed by atoms with Crippen LogP contribution in [0.3, 0.4) is 0 Å². The molecule has 0 spiro atoms. The monoisotopic (exact) mass is 254 g/mol. The highest BCUT2D eigenvalue weighted by molar-refractivity contribution is 5.78. The number of hydrogen-bond acceptors (Lipinski definition) is 2. The van der Waals surface area contributed by atoms with E-state index in [1.54, 1.807) is 0 Å². The van der Waals surface area contributed by atoms with Gasteiger partial charge in [0.15, 0.2) is 0 Å². The molecular formula is C17H22N2. The number of fused-ring (bicyclic) bond motifs is 1. The minimum Gasteiger partial charge on any atom is -0.324 e. The molecule has 1 aromatic carbocycles. The summed E-state index contributed by atoms with van der Waals surface area (Å²) >= 11 is 0. The van der Waals surface area contributed by atoms with Gasteiger partial charge in [-0.1, -0.05) is 38.0 Å². The van der Waals surface area contributed by atoms with Gasteiger partial charge < -0.3 is 5.73 Å². The first-order valence-electron chi connectivity index (χ1n) is 7.38. The van der Waals surface area contributed by atoms with Crippen molar-refractivity contribution in [2.45, 2.75) is 38.6 Å². The van der Waals surface area contributed by atoms with Crippen molar-refractivity contribution in [3.63, 3.8) is 0 Å². The Labute approximate surface area is 115 Å². The second-order valence-electron chi connectivity index (χ2n) is 5.83. The lowest BCUT2D eigenvalue weighted by Crippen LogP contribution is -2.19. The van der Waals surface area contributed by atoms with Crippen molar-refractivity contribution in [1.29, 1.82) is 0 Å². The molecule has 0 amide bonds. The van der Waals surface area contributed by atoms with Gasteiger partial charge in [-0.25, -0.2) is 0 Å². The van der Waals surface area contributed by atoms with Crippen LogP contribution in [0.1, 0.15) is 44.2 Å². The average molecular weight is 254 g/mol. The summed E-state index contributed by atoms with van der Waals surface area (Å²) < 4.78 is 0. The molecule has 0 bridgehead atoms. The van der Waals surface area contributed by atoms with E-state index in [0.29, 0.717) is 5.92 Å². The molecule has 2 heteroatoms. The van der Waals surface area contributed by atoms with E-state index in [9.17, 15) is 0 Å². The molecule has 2 aromatic rings. The molecule has 100 valence electrons. The van der Waals surface area contributed by atoms with Crippen LogP contribution in [-0.2, 0) is 0 Å². The SMILES string of the molecule is CCC1CCC(C(N)c2ccc3cccnc3c2)C1. The number of aromatic nitrogens is 1. The summed E-state index contributed by atoms with van der Waals surface area (Å²) in [5.74, 6) is 1.53. The van der Waals surface area contributed by atoms with Crippen LogP contribution in [0.2, 0.25) is 0 Å². The van der Waals surface area contributed by atoms with Gasteiger partial charge in [0.2, 0.25) is 0 Å². The number of benzene rings is 1. The Morgan fingerprint density at radius 1 is 1.32 bits per heavy atom. The van der Waals surface area contributed by atoms with Gasteiger partial charge >= 0.3 is 0 Å². The van der Waals surface area contributed by atoms with E-state index in [-0.39, 0.29) is 6.04 Å². The predicted molar refractivity (Wildman–Crippen MR) is 79.8 cm³/mol. The van der Waals surface area contributed by atoms with Crippen molar-refractivity contribution < 1.29 is 0 Å². The molecular weight excluding hydrogens is 232 g/mol. The molecule has 19 heavy (non-hydrogen) atoms. The van der Waals surface area contributed by atoms with Gasteiger partial charge in [-0.05, 0) is 42.4 Å². The van der Waals surface area contributed by atoms with Crippen molar-refractivity contribution >= 4 is 10.9 Å². The highest BCUT2D eigenvalue weighted by Gasteiger charge is 2.28. The summed E-state index contributed by atoms with van der Waals surface area (Å²) in [5.41, 5.74) is 8.78. The fraction of sp³-hybridized carbons (Fsp3) is 0.471. The zero-order chi connectivity index (χ0) is 13.2. The Morgan fingerprint density at radius 2 is 2.21 bits per heavy atom. The van der Waals surface area contributed by atoms with Crippen LogP contribution in [0.4, 0.5) is 0 Å². The van der Waals surface area contributed by atoms with Crippen LogP contribution in [-0.4, -0.2) is 4.98 Å². The predicted octanol–water partition coefficient (Wildman–Crippen LogP) is 4.06. The van der Waals surface area contributed by atoms with Crippen LogP contribution >= 0.6 is 0 Å². The highest BCUT2D eigenvalue weighted by Crippen LogP contribution is 2.39. The maximum Gasteiger partial charge on any atom is 0.0705 e. The highest BCUT2D eigenvalue weighted by atomic mass is 14.7. The second-order valence-corrected chi connectivity index (χ2v) is 5.83. The van der Waals surface area contributed by atoms with Crippen molar-refractivity contribution in [3.05, 3.63) is 42.1 Å². The molecule has 3 atom stereocenters. The fourth-order valence-corrected chi connectivity index (χ4v) is 3.37. The van der Waals surface area contributed by atoms with Gasteiger partial charge in [0, 0.05) is 17.6 Å². The number of rotatable bonds is 3. The topological polar surface area (TPSA) is 38.9 Å². The van der Waals surface area contributed by atoms with Crippen LogP contribution in [0.15, 0.2) is 36.5 Å². The molecule has 3 rings (SSSR count). The third kappa shape index (κ3) is 2.50. The molecule has 0 aliphatic heterocycles. The molecule has 2 nitrogen and oxygen atoms in total. The van der Waals surface area contributed by atoms with Crippen LogP contribution < -0.4 is 5.73 Å². The van der Waals surface area contributed by atoms with Crippen molar-refractivity contribution in [2.75, 3.05) is 0 Å². The third-order valence-corrected chi connectivity index (χ3v) is 4.68. The lowest BCUT2D eigenvalue weighted by molar-refractivity contribution is 0.416. The van der Waals surface area contributed by atoms with Gasteiger partial charge in [-0.3, -0.25) is 4.98 Å². The first-order chi connectivity index (χ1) is 9.28. The molecule has 1 aliphatic rings. The Bertz CT molecular complexity index is 564. The zero-order valence-electron chi connectivity index (χ0n) is 11.5. The largest absolute Gasteiger partial charge is 0.324 e. The quantitative estimate of drug-likeness (QED) is 0.897. The van der Waals surface area contributed by atoms with E-state index in [2.05, 4.69) is 36.2 Å². The maximum absolute atomic E-state index is 6.48. The lowest BCUT2D eigenvalue weighted by atomic mass is 9.90. The van der Waals surface area contributed by atoms with E-state index in [1.165, 1.54) is 36.6 Å². The van der Waals surface area contributed by atoms with Crippen molar-refractivity contribution in [2.24, 2.45) is 17.6 Å². The van der Waals surface area contributed by atoms with Gasteiger partial charge in [0.05, 0.1) is 5.52 Å². The van der Waals surface area contributed by atoms with Gasteiger partial charge in [-0.15, -0.1) is 0 Å². The molecule has 1 saturated carbocycles. The summed E-state index contributed by atoms with van der Waals surface area (Å²) in [6, 6.07) is 10.7. The van der Waals surface area contributed by atoms with Crippen molar-refractivity contribution in [3.8, 4) is 0 Å². The molecule has 1 fully saturated rings. The van der Waals surface area contributed by atoms with Crippen LogP contribution in [0.25, 0.3) is 10.9 Å². The Balaban J connectivity index is 1.83. The third-order valence-electron chi connectivity index (χ3n) is 4.68. The minimum absolute atomic E-state index is 0.169. The summed E-state index contributed by atoms with van der Waals surface area (Å²) in [7, 11) is 0. The van der Waals surface area contributed by atoms with E-state index in [4.69, 9.17) is 5.73 Å². The summed E-state index contributed by atoms with van der Waals surface area (Å²) in [5, 5.41) is 1.19. The second kappa shape index (κ2) is 5.30. The van der Waals surface area contributed by atoms with E-state index in [1.807, 2.05) is 12.3 Å². The van der Waals surface area contributed by atoms with E-state index >= 15 is 0 Å². The number of nitrogens with zero attached hydrogens (tertiary/aromatic N) is 1. The summed E-state index contributed by atoms with van der Waals surface area (Å²) in [6.45, 7) is 2.29. The summed E-state index contributed by atoms with van der Waals surface area (Å²) in [6.07, 6.45) is 7.06. The molecule has 1 aliphatic carbocycles. The molecule has 3 unspecified atom stereocenters. The smallest absolute Gasteiger partial charge is 0.0705 e. The number of pyridine rings is 1. The minimum atomic E-state index is 0.169. The van der Waals surface area contributed by atoms with Gasteiger partial charge in [0.1, 0.15) is 0 Å². The normalized spacial score (nSPS) is 24.7. The molecule has 1 aromatic heterocycles. The molecule has 0 radical (unpaired) electrons.